The maximum atomic E-state index is 13.4. The van der Waals surface area contributed by atoms with Gasteiger partial charge in [-0.3, -0.25) is 4.79 Å². The molecule has 0 spiro atoms. The Morgan fingerprint density at radius 2 is 1.63 bits per heavy atom. The lowest BCUT2D eigenvalue weighted by Gasteiger charge is -2.13. The molecule has 8 nitrogen and oxygen atoms in total. The topological polar surface area (TPSA) is 115 Å². The second kappa shape index (κ2) is 10.3. The number of rotatable bonds is 8. The first-order valence-electron chi connectivity index (χ1n) is 11.9. The highest BCUT2D eigenvalue weighted by Gasteiger charge is 2.20. The zero-order valence-electron chi connectivity index (χ0n) is 20.6. The van der Waals surface area contributed by atoms with E-state index in [1.54, 1.807) is 72.9 Å². The molecule has 0 aliphatic rings. The molecule has 0 aliphatic heterocycles. The van der Waals surface area contributed by atoms with Crippen molar-refractivity contribution in [2.45, 2.75) is 11.4 Å². The Bertz CT molecular complexity index is 1710. The van der Waals surface area contributed by atoms with Crippen LogP contribution in [0.1, 0.15) is 15.9 Å². The molecule has 4 aromatic carbocycles. The average molecular weight is 527 g/mol. The van der Waals surface area contributed by atoms with Gasteiger partial charge in [0, 0.05) is 29.4 Å². The summed E-state index contributed by atoms with van der Waals surface area (Å²) in [5.41, 5.74) is 9.65. The van der Waals surface area contributed by atoms with E-state index in [9.17, 15) is 13.2 Å². The highest BCUT2D eigenvalue weighted by atomic mass is 32.2. The fourth-order valence-corrected chi connectivity index (χ4v) is 5.57. The Morgan fingerprint density at radius 1 is 0.895 bits per heavy atom. The second-order valence-electron chi connectivity index (χ2n) is 8.62. The van der Waals surface area contributed by atoms with Gasteiger partial charge in [-0.25, -0.2) is 12.4 Å². The minimum Gasteiger partial charge on any atom is -0.497 e. The quantitative estimate of drug-likeness (QED) is 0.235. The Morgan fingerprint density at radius 3 is 2.34 bits per heavy atom. The van der Waals surface area contributed by atoms with Crippen LogP contribution < -0.4 is 21.1 Å². The molecule has 5 aromatic rings. The number of anilines is 3. The van der Waals surface area contributed by atoms with E-state index in [2.05, 4.69) is 10.6 Å². The molecule has 0 saturated carbocycles. The highest BCUT2D eigenvalue weighted by molar-refractivity contribution is 7.90. The molecule has 0 aliphatic carbocycles. The van der Waals surface area contributed by atoms with Crippen LogP contribution in [-0.2, 0) is 16.6 Å². The molecule has 4 N–H and O–H groups in total. The third-order valence-electron chi connectivity index (χ3n) is 6.22. The number of nitrogens with two attached hydrogens (primary N) is 1. The normalized spacial score (nSPS) is 11.3. The molecule has 0 fully saturated rings. The van der Waals surface area contributed by atoms with Crippen molar-refractivity contribution in [1.82, 2.24) is 3.97 Å². The smallest absolute Gasteiger partial charge is 0.268 e. The molecule has 1 heterocycles. The number of methoxy groups -OCH3 is 1. The van der Waals surface area contributed by atoms with Crippen LogP contribution in [0.3, 0.4) is 0 Å². The van der Waals surface area contributed by atoms with Crippen LogP contribution >= 0.6 is 0 Å². The van der Waals surface area contributed by atoms with Crippen molar-refractivity contribution in [1.29, 1.82) is 0 Å². The molecule has 5 rings (SSSR count). The van der Waals surface area contributed by atoms with E-state index in [-0.39, 0.29) is 10.8 Å². The first kappa shape index (κ1) is 24.9. The number of benzene rings is 4. The molecule has 9 heteroatoms. The number of amides is 1. The van der Waals surface area contributed by atoms with Gasteiger partial charge in [0.1, 0.15) is 5.75 Å². The SMILES string of the molecule is COc1ccc(S(=O)(=O)n2ccc3cccc(CNc4ccc(C(=O)Nc5ccccc5N)cc4)c32)cc1. The lowest BCUT2D eigenvalue weighted by atomic mass is 10.1. The molecule has 38 heavy (non-hydrogen) atoms. The number of nitrogens with one attached hydrogen (secondary N) is 2. The number of hydrogen-bond acceptors (Lipinski definition) is 6. The number of fused-ring (bicyclic) bond motifs is 1. The third-order valence-corrected chi connectivity index (χ3v) is 7.91. The zero-order valence-corrected chi connectivity index (χ0v) is 21.4. The maximum Gasteiger partial charge on any atom is 0.268 e. The number of carbonyl (C=O) groups excluding carboxylic acids is 1. The Labute approximate surface area is 220 Å². The van der Waals surface area contributed by atoms with E-state index in [0.717, 1.165) is 16.6 Å². The summed E-state index contributed by atoms with van der Waals surface area (Å²) in [5.74, 6) is 0.319. The lowest BCUT2D eigenvalue weighted by Crippen LogP contribution is -2.14. The number of nitrogens with zero attached hydrogens (tertiary/aromatic N) is 1. The summed E-state index contributed by atoms with van der Waals surface area (Å²) in [6, 6.07) is 27.9. The Kier molecular flexibility index (Phi) is 6.76. The summed E-state index contributed by atoms with van der Waals surface area (Å²) in [6.07, 6.45) is 1.57. The van der Waals surface area contributed by atoms with Gasteiger partial charge in [0.05, 0.1) is 28.9 Å². The molecule has 0 atom stereocenters. The van der Waals surface area contributed by atoms with Gasteiger partial charge in [0.2, 0.25) is 0 Å². The van der Waals surface area contributed by atoms with E-state index in [1.807, 2.05) is 18.2 Å². The zero-order chi connectivity index (χ0) is 26.7. The number of carbonyl (C=O) groups is 1. The predicted molar refractivity (Wildman–Crippen MR) is 150 cm³/mol. The number of para-hydroxylation sites is 3. The van der Waals surface area contributed by atoms with Crippen molar-refractivity contribution in [3.63, 3.8) is 0 Å². The molecular weight excluding hydrogens is 500 g/mol. The molecule has 192 valence electrons. The first-order chi connectivity index (χ1) is 18.4. The summed E-state index contributed by atoms with van der Waals surface area (Å²) in [4.78, 5) is 12.8. The highest BCUT2D eigenvalue weighted by Crippen LogP contribution is 2.27. The average Bonchev–Trinajstić information content (AvgIpc) is 3.39. The standard InChI is InChI=1S/C29H26N4O4S/c1-37-24-13-15-25(16-14-24)38(35,36)33-18-17-20-5-4-6-22(28(20)33)19-31-23-11-9-21(10-12-23)29(34)32-27-8-3-2-7-26(27)30/h2-18,31H,19,30H2,1H3,(H,32,34). The van der Waals surface area contributed by atoms with Gasteiger partial charge in [-0.2, -0.15) is 0 Å². The number of nitrogen functional groups attached to an aromatic ring is 1. The Balaban J connectivity index is 1.35. The molecule has 0 unspecified atom stereocenters. The first-order valence-corrected chi connectivity index (χ1v) is 13.3. The van der Waals surface area contributed by atoms with Crippen LogP contribution in [0.2, 0.25) is 0 Å². The van der Waals surface area contributed by atoms with Crippen LogP contribution in [0.25, 0.3) is 10.9 Å². The molecule has 1 aromatic heterocycles. The van der Waals surface area contributed by atoms with Crippen LogP contribution in [0, 0.1) is 0 Å². The van der Waals surface area contributed by atoms with Gasteiger partial charge in [-0.05, 0) is 72.3 Å². The molecular formula is C29H26N4O4S. The Hall–Kier alpha value is -4.76. The third kappa shape index (κ3) is 4.91. The largest absolute Gasteiger partial charge is 0.497 e. The summed E-state index contributed by atoms with van der Waals surface area (Å²) >= 11 is 0. The molecule has 1 amide bonds. The van der Waals surface area contributed by atoms with Crippen molar-refractivity contribution in [2.75, 3.05) is 23.5 Å². The van der Waals surface area contributed by atoms with Gasteiger partial charge >= 0.3 is 0 Å². The van der Waals surface area contributed by atoms with E-state index in [4.69, 9.17) is 10.5 Å². The minimum atomic E-state index is -3.82. The minimum absolute atomic E-state index is 0.171. The van der Waals surface area contributed by atoms with Crippen molar-refractivity contribution < 1.29 is 17.9 Å². The van der Waals surface area contributed by atoms with Crippen molar-refractivity contribution in [3.05, 3.63) is 114 Å². The van der Waals surface area contributed by atoms with E-state index in [1.165, 1.54) is 23.2 Å². The fraction of sp³-hybridized carbons (Fsp3) is 0.0690. The van der Waals surface area contributed by atoms with Crippen LogP contribution in [0.4, 0.5) is 17.1 Å². The number of aromatic nitrogens is 1. The van der Waals surface area contributed by atoms with Crippen molar-refractivity contribution in [3.8, 4) is 5.75 Å². The summed E-state index contributed by atoms with van der Waals surface area (Å²) in [7, 11) is -2.28. The van der Waals surface area contributed by atoms with Crippen LogP contribution in [0.5, 0.6) is 5.75 Å². The summed E-state index contributed by atoms with van der Waals surface area (Å²) < 4.78 is 33.3. The second-order valence-corrected chi connectivity index (χ2v) is 10.4. The lowest BCUT2D eigenvalue weighted by molar-refractivity contribution is 0.102. The van der Waals surface area contributed by atoms with Crippen LogP contribution in [0.15, 0.2) is 108 Å². The van der Waals surface area contributed by atoms with Gasteiger partial charge in [0.15, 0.2) is 0 Å². The number of hydrogen-bond donors (Lipinski definition) is 3. The molecule has 0 bridgehead atoms. The van der Waals surface area contributed by atoms with Gasteiger partial charge in [-0.1, -0.05) is 30.3 Å². The number of ether oxygens (including phenoxy) is 1. The van der Waals surface area contributed by atoms with Crippen molar-refractivity contribution in [2.24, 2.45) is 0 Å². The van der Waals surface area contributed by atoms with Crippen molar-refractivity contribution >= 4 is 43.9 Å². The fourth-order valence-electron chi connectivity index (χ4n) is 4.18. The summed E-state index contributed by atoms with van der Waals surface area (Å²) in [6.45, 7) is 0.381. The maximum absolute atomic E-state index is 13.4. The van der Waals surface area contributed by atoms with Gasteiger partial charge < -0.3 is 21.1 Å². The van der Waals surface area contributed by atoms with E-state index < -0.39 is 10.0 Å². The summed E-state index contributed by atoms with van der Waals surface area (Å²) in [5, 5.41) is 6.95. The van der Waals surface area contributed by atoms with Gasteiger partial charge in [-0.15, -0.1) is 0 Å². The van der Waals surface area contributed by atoms with Gasteiger partial charge in [0.25, 0.3) is 15.9 Å². The van der Waals surface area contributed by atoms with E-state index >= 15 is 0 Å². The van der Waals surface area contributed by atoms with Crippen LogP contribution in [-0.4, -0.2) is 25.4 Å². The molecule has 0 saturated heterocycles. The predicted octanol–water partition coefficient (Wildman–Crippen LogP) is 5.33. The monoisotopic (exact) mass is 526 g/mol. The van der Waals surface area contributed by atoms with E-state index in [0.29, 0.717) is 34.7 Å². The molecule has 0 radical (unpaired) electrons.